The third-order valence-electron chi connectivity index (χ3n) is 8.84. The van der Waals surface area contributed by atoms with Crippen LogP contribution in [0.4, 0.5) is 13.2 Å². The maximum atomic E-state index is 13.7. The van der Waals surface area contributed by atoms with E-state index >= 15 is 0 Å². The van der Waals surface area contributed by atoms with Gasteiger partial charge in [-0.2, -0.15) is 13.2 Å². The van der Waals surface area contributed by atoms with Crippen LogP contribution in [0.25, 0.3) is 0 Å². The summed E-state index contributed by atoms with van der Waals surface area (Å²) in [5, 5.41) is 9.66. The molecule has 3 heterocycles. The van der Waals surface area contributed by atoms with Crippen molar-refractivity contribution < 1.29 is 32.5 Å². The average molecular weight is 533 g/mol. The average Bonchev–Trinajstić information content (AvgIpc) is 3.73. The molecule has 3 atom stereocenters. The predicted octanol–water partition coefficient (Wildman–Crippen LogP) is 6.24. The van der Waals surface area contributed by atoms with Crippen molar-refractivity contribution in [2.75, 3.05) is 20.2 Å². The molecule has 2 aromatic rings. The summed E-state index contributed by atoms with van der Waals surface area (Å²) in [6, 6.07) is 7.12. The van der Waals surface area contributed by atoms with Crippen LogP contribution in [0.5, 0.6) is 11.6 Å². The van der Waals surface area contributed by atoms with Gasteiger partial charge in [0.25, 0.3) is 0 Å². The molecular formula is C29H35F3N2O4. The Labute approximate surface area is 221 Å². The number of carboxylic acid groups (broad SMARTS) is 1. The highest BCUT2D eigenvalue weighted by Gasteiger charge is 2.43. The Balaban J connectivity index is 1.32. The van der Waals surface area contributed by atoms with Gasteiger partial charge in [0.05, 0.1) is 18.6 Å². The quantitative estimate of drug-likeness (QED) is 0.455. The molecule has 5 rings (SSSR count). The van der Waals surface area contributed by atoms with E-state index in [1.54, 1.807) is 13.8 Å². The first kappa shape index (κ1) is 26.8. The van der Waals surface area contributed by atoms with E-state index in [0.29, 0.717) is 31.8 Å². The van der Waals surface area contributed by atoms with E-state index in [4.69, 9.17) is 9.47 Å². The number of likely N-dealkylation sites (tertiary alicyclic amines) is 1. The smallest absolute Gasteiger partial charge is 0.418 e. The van der Waals surface area contributed by atoms with E-state index < -0.39 is 29.7 Å². The molecule has 1 aliphatic carbocycles. The van der Waals surface area contributed by atoms with Crippen molar-refractivity contribution in [2.45, 2.75) is 76.1 Å². The molecule has 0 bridgehead atoms. The van der Waals surface area contributed by atoms with Crippen molar-refractivity contribution in [1.82, 2.24) is 9.88 Å². The fourth-order valence-corrected chi connectivity index (χ4v) is 6.32. The van der Waals surface area contributed by atoms with Gasteiger partial charge in [0.15, 0.2) is 0 Å². The summed E-state index contributed by atoms with van der Waals surface area (Å²) < 4.78 is 52.9. The number of ether oxygens (including phenoxy) is 2. The number of piperidine rings is 1. The first-order valence-electron chi connectivity index (χ1n) is 13.4. The molecule has 6 nitrogen and oxygen atoms in total. The third kappa shape index (κ3) is 5.22. The zero-order valence-corrected chi connectivity index (χ0v) is 22.1. The lowest BCUT2D eigenvalue weighted by Gasteiger charge is -2.46. The van der Waals surface area contributed by atoms with Gasteiger partial charge in [-0.3, -0.25) is 9.69 Å². The molecule has 1 aromatic carbocycles. The van der Waals surface area contributed by atoms with Crippen LogP contribution in [-0.2, 0) is 17.4 Å². The van der Waals surface area contributed by atoms with Crippen molar-refractivity contribution in [2.24, 2.45) is 11.8 Å². The third-order valence-corrected chi connectivity index (χ3v) is 8.84. The Kier molecular flexibility index (Phi) is 7.09. The summed E-state index contributed by atoms with van der Waals surface area (Å²) in [6.07, 6.45) is 1.61. The maximum Gasteiger partial charge on any atom is 0.418 e. The van der Waals surface area contributed by atoms with Gasteiger partial charge in [0.1, 0.15) is 11.4 Å². The van der Waals surface area contributed by atoms with Crippen molar-refractivity contribution >= 4 is 5.97 Å². The van der Waals surface area contributed by atoms with E-state index in [1.807, 2.05) is 6.07 Å². The number of pyridine rings is 1. The molecule has 1 N–H and O–H groups in total. The van der Waals surface area contributed by atoms with Gasteiger partial charge < -0.3 is 14.6 Å². The van der Waals surface area contributed by atoms with E-state index in [2.05, 4.69) is 22.0 Å². The summed E-state index contributed by atoms with van der Waals surface area (Å²) in [5.74, 6) is 0.127. The SMILES string of the molecule is COc1cc(C(C)N2CCC3(CCc4ccc([C@H](C5CC5)[C@H](C)C(=O)O)cc4O3)CC2)c(C(F)(F)F)cn1. The van der Waals surface area contributed by atoms with Crippen LogP contribution < -0.4 is 9.47 Å². The molecule has 1 saturated carbocycles. The van der Waals surface area contributed by atoms with Crippen molar-refractivity contribution in [3.8, 4) is 11.6 Å². The van der Waals surface area contributed by atoms with Crippen LogP contribution in [0.15, 0.2) is 30.5 Å². The van der Waals surface area contributed by atoms with Crippen molar-refractivity contribution in [3.63, 3.8) is 0 Å². The number of aliphatic carboxylic acids is 1. The van der Waals surface area contributed by atoms with Gasteiger partial charge in [-0.1, -0.05) is 19.1 Å². The number of rotatable bonds is 7. The number of aryl methyl sites for hydroxylation is 1. The Morgan fingerprint density at radius 3 is 2.50 bits per heavy atom. The number of halogens is 3. The van der Waals surface area contributed by atoms with Gasteiger partial charge in [0, 0.05) is 31.4 Å². The molecule has 2 fully saturated rings. The lowest BCUT2D eigenvalue weighted by atomic mass is 9.80. The second-order valence-electron chi connectivity index (χ2n) is 11.2. The van der Waals surface area contributed by atoms with Crippen LogP contribution in [0.1, 0.15) is 80.2 Å². The second-order valence-corrected chi connectivity index (χ2v) is 11.2. The van der Waals surface area contributed by atoms with E-state index in [-0.39, 0.29) is 23.0 Å². The molecule has 9 heteroatoms. The number of aromatic nitrogens is 1. The molecular weight excluding hydrogens is 497 g/mol. The van der Waals surface area contributed by atoms with Crippen LogP contribution in [0.2, 0.25) is 0 Å². The molecule has 0 amide bonds. The van der Waals surface area contributed by atoms with Gasteiger partial charge in [0.2, 0.25) is 5.88 Å². The Morgan fingerprint density at radius 1 is 1.18 bits per heavy atom. The van der Waals surface area contributed by atoms with E-state index in [1.165, 1.54) is 13.2 Å². The zero-order valence-electron chi connectivity index (χ0n) is 22.1. The standard InChI is InChI=1S/C29H35F3N2O4/c1-17(27(35)36)26(20-5-6-20)21-7-4-19-8-9-28(38-24(19)14-21)10-12-34(13-11-28)18(2)22-15-25(37-3)33-16-23(22)29(30,31)32/h4,7,14-18,20,26H,5-6,8-13H2,1-3H3,(H,35,36)/t17-,18?,26-/m0/s1. The fourth-order valence-electron chi connectivity index (χ4n) is 6.32. The maximum absolute atomic E-state index is 13.7. The summed E-state index contributed by atoms with van der Waals surface area (Å²) in [7, 11) is 1.40. The van der Waals surface area contributed by atoms with Gasteiger partial charge in [-0.15, -0.1) is 0 Å². The number of hydrogen-bond donors (Lipinski definition) is 1. The fraction of sp³-hybridized carbons (Fsp3) is 0.586. The zero-order chi connectivity index (χ0) is 27.2. The molecule has 206 valence electrons. The summed E-state index contributed by atoms with van der Waals surface area (Å²) in [6.45, 7) is 4.80. The normalized spacial score (nSPS) is 21.7. The monoisotopic (exact) mass is 532 g/mol. The topological polar surface area (TPSA) is 71.9 Å². The number of alkyl halides is 3. The molecule has 1 aromatic heterocycles. The Bertz CT molecular complexity index is 1190. The second kappa shape index (κ2) is 10.1. The summed E-state index contributed by atoms with van der Waals surface area (Å²) in [4.78, 5) is 17.6. The van der Waals surface area contributed by atoms with E-state index in [9.17, 15) is 23.1 Å². The number of nitrogens with zero attached hydrogens (tertiary/aromatic N) is 2. The molecule has 38 heavy (non-hydrogen) atoms. The van der Waals surface area contributed by atoms with Gasteiger partial charge in [-0.25, -0.2) is 4.98 Å². The van der Waals surface area contributed by atoms with Crippen LogP contribution in [0.3, 0.4) is 0 Å². The van der Waals surface area contributed by atoms with Crippen molar-refractivity contribution in [3.05, 3.63) is 52.7 Å². The molecule has 3 aliphatic rings. The highest BCUT2D eigenvalue weighted by molar-refractivity contribution is 5.71. The molecule has 1 unspecified atom stereocenters. The van der Waals surface area contributed by atoms with Crippen LogP contribution >= 0.6 is 0 Å². The summed E-state index contributed by atoms with van der Waals surface area (Å²) in [5.41, 5.74) is 1.22. The lowest BCUT2D eigenvalue weighted by Crippen LogP contribution is -2.50. The summed E-state index contributed by atoms with van der Waals surface area (Å²) >= 11 is 0. The van der Waals surface area contributed by atoms with Gasteiger partial charge >= 0.3 is 12.1 Å². The number of carbonyl (C=O) groups is 1. The minimum absolute atomic E-state index is 0.0258. The first-order chi connectivity index (χ1) is 18.0. The molecule has 1 saturated heterocycles. The van der Waals surface area contributed by atoms with Crippen LogP contribution in [-0.4, -0.2) is 46.8 Å². The largest absolute Gasteiger partial charge is 0.487 e. The predicted molar refractivity (Wildman–Crippen MR) is 135 cm³/mol. The number of hydrogen-bond acceptors (Lipinski definition) is 5. The Hall–Kier alpha value is -2.81. The number of benzene rings is 1. The van der Waals surface area contributed by atoms with Crippen molar-refractivity contribution in [1.29, 1.82) is 0 Å². The number of carboxylic acids is 1. The van der Waals surface area contributed by atoms with Gasteiger partial charge in [-0.05, 0) is 80.0 Å². The minimum atomic E-state index is -4.50. The lowest BCUT2D eigenvalue weighted by molar-refractivity contribution is -0.142. The highest BCUT2D eigenvalue weighted by Crippen LogP contribution is 2.49. The molecule has 1 spiro atoms. The highest BCUT2D eigenvalue weighted by atomic mass is 19.4. The minimum Gasteiger partial charge on any atom is -0.487 e. The molecule has 0 radical (unpaired) electrons. The van der Waals surface area contributed by atoms with E-state index in [0.717, 1.165) is 48.8 Å². The first-order valence-corrected chi connectivity index (χ1v) is 13.4. The number of methoxy groups -OCH3 is 1. The van der Waals surface area contributed by atoms with Crippen LogP contribution in [0, 0.1) is 11.8 Å². The Morgan fingerprint density at radius 2 is 1.89 bits per heavy atom. The molecule has 2 aliphatic heterocycles. The number of fused-ring (bicyclic) bond motifs is 1.